The molecule has 2 fully saturated rings. The summed E-state index contributed by atoms with van der Waals surface area (Å²) in [5.41, 5.74) is 2.72. The van der Waals surface area contributed by atoms with Crippen molar-refractivity contribution in [1.29, 1.82) is 0 Å². The summed E-state index contributed by atoms with van der Waals surface area (Å²) in [7, 11) is 0. The molecular weight excluding hydrogens is 458 g/mol. The van der Waals surface area contributed by atoms with Crippen LogP contribution in [0.15, 0.2) is 48.5 Å². The summed E-state index contributed by atoms with van der Waals surface area (Å²) in [4.78, 5) is 25.3. The average molecular weight is 494 g/mol. The largest absolute Gasteiger partial charge is 0.487 e. The zero-order valence-corrected chi connectivity index (χ0v) is 20.6. The summed E-state index contributed by atoms with van der Waals surface area (Å²) in [5, 5.41) is 19.0. The van der Waals surface area contributed by atoms with Gasteiger partial charge in [0.15, 0.2) is 0 Å². The van der Waals surface area contributed by atoms with Crippen LogP contribution in [0.4, 0.5) is 10.5 Å². The molecule has 2 aliphatic heterocycles. The Hall–Kier alpha value is -3.10. The van der Waals surface area contributed by atoms with Gasteiger partial charge < -0.3 is 30.5 Å². The molecule has 2 aromatic rings. The van der Waals surface area contributed by atoms with Crippen molar-refractivity contribution in [2.24, 2.45) is 0 Å². The van der Waals surface area contributed by atoms with Crippen LogP contribution in [0.2, 0.25) is 0 Å². The second-order valence-corrected chi connectivity index (χ2v) is 10.1. The molecule has 1 saturated heterocycles. The van der Waals surface area contributed by atoms with Crippen LogP contribution in [0, 0.1) is 0 Å². The molecule has 1 aliphatic carbocycles. The molecule has 0 radical (unpaired) electrons. The van der Waals surface area contributed by atoms with E-state index in [1.807, 2.05) is 55.5 Å². The topological polar surface area (TPSA) is 109 Å². The number of nitrogens with one attached hydrogen (secondary N) is 3. The SMILES string of the molecule is C[C@@H](NC(=O)C[C@@H]1C[C@@H]2c3cc(NC(=O)NC4CCCC4)ccc3O[C@@H]2[C@@H](CO)O1)c1ccccc1. The Labute approximate surface area is 211 Å². The van der Waals surface area contributed by atoms with E-state index >= 15 is 0 Å². The van der Waals surface area contributed by atoms with E-state index in [0.717, 1.165) is 42.6 Å². The third-order valence-electron chi connectivity index (χ3n) is 7.54. The van der Waals surface area contributed by atoms with Crippen molar-refractivity contribution < 1.29 is 24.2 Å². The maximum atomic E-state index is 12.8. The molecule has 8 nitrogen and oxygen atoms in total. The lowest BCUT2D eigenvalue weighted by Gasteiger charge is -2.37. The van der Waals surface area contributed by atoms with E-state index in [9.17, 15) is 14.7 Å². The number of hydrogen-bond acceptors (Lipinski definition) is 5. The first-order chi connectivity index (χ1) is 17.5. The van der Waals surface area contributed by atoms with Crippen LogP contribution < -0.4 is 20.7 Å². The van der Waals surface area contributed by atoms with E-state index in [0.29, 0.717) is 12.1 Å². The molecule has 192 valence electrons. The Morgan fingerprint density at radius 1 is 1.11 bits per heavy atom. The Balaban J connectivity index is 1.23. The minimum Gasteiger partial charge on any atom is -0.487 e. The number of rotatable bonds is 7. The van der Waals surface area contributed by atoms with Crippen LogP contribution in [0.5, 0.6) is 5.75 Å². The third-order valence-corrected chi connectivity index (χ3v) is 7.54. The molecule has 2 heterocycles. The summed E-state index contributed by atoms with van der Waals surface area (Å²) < 4.78 is 12.2. The molecule has 3 amide bonds. The molecule has 5 atom stereocenters. The van der Waals surface area contributed by atoms with Gasteiger partial charge in [-0.3, -0.25) is 4.79 Å². The minimum atomic E-state index is -0.525. The molecule has 5 rings (SSSR count). The smallest absolute Gasteiger partial charge is 0.319 e. The lowest BCUT2D eigenvalue weighted by Crippen LogP contribution is -2.47. The van der Waals surface area contributed by atoms with Crippen LogP contribution >= 0.6 is 0 Å². The number of ether oxygens (including phenoxy) is 2. The summed E-state index contributed by atoms with van der Waals surface area (Å²) in [6, 6.07) is 15.4. The summed E-state index contributed by atoms with van der Waals surface area (Å²) >= 11 is 0. The summed E-state index contributed by atoms with van der Waals surface area (Å²) in [6.45, 7) is 1.77. The first-order valence-electron chi connectivity index (χ1n) is 13.0. The second kappa shape index (κ2) is 10.9. The standard InChI is InChI=1S/C28H35N3O5/c1-17(18-7-3-2-4-8-18)29-26(33)15-21-14-23-22-13-20(31-28(34)30-19-9-5-6-10-19)11-12-24(22)36-27(23)25(16-32)35-21/h2-4,7-8,11-13,17,19,21,23,25,27,32H,5-6,9-10,14-16H2,1H3,(H,29,33)(H2,30,31,34)/t17-,21+,23-,25-,27+/m1/s1. The maximum Gasteiger partial charge on any atom is 0.319 e. The fourth-order valence-corrected chi connectivity index (χ4v) is 5.72. The molecule has 2 aromatic carbocycles. The number of urea groups is 1. The highest BCUT2D eigenvalue weighted by Crippen LogP contribution is 2.47. The van der Waals surface area contributed by atoms with Crippen LogP contribution in [0.1, 0.15) is 68.5 Å². The van der Waals surface area contributed by atoms with Gasteiger partial charge in [-0.1, -0.05) is 43.2 Å². The van der Waals surface area contributed by atoms with Gasteiger partial charge in [-0.15, -0.1) is 0 Å². The zero-order valence-electron chi connectivity index (χ0n) is 20.6. The molecule has 0 unspecified atom stereocenters. The summed E-state index contributed by atoms with van der Waals surface area (Å²) in [5.74, 6) is 0.608. The fourth-order valence-electron chi connectivity index (χ4n) is 5.72. The van der Waals surface area contributed by atoms with Crippen molar-refractivity contribution in [1.82, 2.24) is 10.6 Å². The highest BCUT2D eigenvalue weighted by molar-refractivity contribution is 5.89. The van der Waals surface area contributed by atoms with E-state index < -0.39 is 6.10 Å². The lowest BCUT2D eigenvalue weighted by atomic mass is 9.84. The van der Waals surface area contributed by atoms with Crippen molar-refractivity contribution in [2.75, 3.05) is 11.9 Å². The second-order valence-electron chi connectivity index (χ2n) is 10.1. The maximum absolute atomic E-state index is 12.8. The Morgan fingerprint density at radius 3 is 2.64 bits per heavy atom. The number of aliphatic hydroxyl groups is 1. The number of amides is 3. The molecular formula is C28H35N3O5. The van der Waals surface area contributed by atoms with Crippen LogP contribution in [0.25, 0.3) is 0 Å². The van der Waals surface area contributed by atoms with E-state index in [2.05, 4.69) is 16.0 Å². The van der Waals surface area contributed by atoms with Crippen molar-refractivity contribution in [3.05, 3.63) is 59.7 Å². The van der Waals surface area contributed by atoms with Crippen LogP contribution in [0.3, 0.4) is 0 Å². The molecule has 4 N–H and O–H groups in total. The van der Waals surface area contributed by atoms with Gasteiger partial charge in [0.2, 0.25) is 5.91 Å². The average Bonchev–Trinajstić information content (AvgIpc) is 3.51. The zero-order chi connectivity index (χ0) is 25.1. The van der Waals surface area contributed by atoms with Gasteiger partial charge in [-0.2, -0.15) is 0 Å². The van der Waals surface area contributed by atoms with Gasteiger partial charge in [-0.25, -0.2) is 4.79 Å². The van der Waals surface area contributed by atoms with Crippen molar-refractivity contribution in [2.45, 2.75) is 81.8 Å². The lowest BCUT2D eigenvalue weighted by molar-refractivity contribution is -0.142. The highest BCUT2D eigenvalue weighted by Gasteiger charge is 2.46. The molecule has 36 heavy (non-hydrogen) atoms. The number of fused-ring (bicyclic) bond motifs is 3. The van der Waals surface area contributed by atoms with Crippen molar-refractivity contribution >= 4 is 17.6 Å². The van der Waals surface area contributed by atoms with E-state index in [1.165, 1.54) is 0 Å². The van der Waals surface area contributed by atoms with Gasteiger partial charge >= 0.3 is 6.03 Å². The molecule has 0 aromatic heterocycles. The van der Waals surface area contributed by atoms with E-state index in [-0.39, 0.29) is 55.2 Å². The van der Waals surface area contributed by atoms with Gasteiger partial charge in [0.25, 0.3) is 0 Å². The number of carbonyl (C=O) groups excluding carboxylic acids is 2. The molecule has 0 bridgehead atoms. The van der Waals surface area contributed by atoms with Gasteiger partial charge in [0.05, 0.1) is 25.2 Å². The van der Waals surface area contributed by atoms with Crippen molar-refractivity contribution in [3.8, 4) is 5.75 Å². The van der Waals surface area contributed by atoms with Gasteiger partial charge in [0, 0.05) is 23.2 Å². The van der Waals surface area contributed by atoms with Crippen LogP contribution in [-0.2, 0) is 9.53 Å². The molecule has 1 saturated carbocycles. The van der Waals surface area contributed by atoms with E-state index in [1.54, 1.807) is 0 Å². The molecule has 0 spiro atoms. The number of carbonyl (C=O) groups is 2. The number of anilines is 1. The Kier molecular flexibility index (Phi) is 7.43. The first-order valence-corrected chi connectivity index (χ1v) is 13.0. The number of aliphatic hydroxyl groups excluding tert-OH is 1. The normalized spacial score (nSPS) is 25.8. The molecule has 8 heteroatoms. The molecule has 3 aliphatic rings. The van der Waals surface area contributed by atoms with Gasteiger partial charge in [0.1, 0.15) is 18.0 Å². The highest BCUT2D eigenvalue weighted by atomic mass is 16.6. The predicted octanol–water partition coefficient (Wildman–Crippen LogP) is 4.01. The number of hydrogen-bond donors (Lipinski definition) is 4. The summed E-state index contributed by atoms with van der Waals surface area (Å²) in [6.07, 6.45) is 3.97. The fraction of sp³-hybridized carbons (Fsp3) is 0.500. The van der Waals surface area contributed by atoms with Gasteiger partial charge in [-0.05, 0) is 49.9 Å². The Morgan fingerprint density at radius 2 is 1.89 bits per heavy atom. The number of benzene rings is 2. The van der Waals surface area contributed by atoms with Crippen LogP contribution in [-0.4, -0.2) is 48.0 Å². The minimum absolute atomic E-state index is 0.0325. The van der Waals surface area contributed by atoms with E-state index in [4.69, 9.17) is 9.47 Å². The monoisotopic (exact) mass is 493 g/mol. The Bertz CT molecular complexity index is 1070. The first kappa shape index (κ1) is 24.6. The quantitative estimate of drug-likeness (QED) is 0.466. The third kappa shape index (κ3) is 5.50. The van der Waals surface area contributed by atoms with Crippen molar-refractivity contribution in [3.63, 3.8) is 0 Å². The predicted molar refractivity (Wildman–Crippen MR) is 136 cm³/mol.